The quantitative estimate of drug-likeness (QED) is 0.699. The molecule has 7 nitrogen and oxygen atoms in total. The second-order valence-corrected chi connectivity index (χ2v) is 7.26. The number of nitrogens with zero attached hydrogens (tertiary/aromatic N) is 5. The van der Waals surface area contributed by atoms with Crippen LogP contribution in [-0.2, 0) is 13.6 Å². The van der Waals surface area contributed by atoms with E-state index in [9.17, 15) is 0 Å². The Bertz CT molecular complexity index is 890. The number of hydrogen-bond donors (Lipinski definition) is 2. The lowest BCUT2D eigenvalue weighted by molar-refractivity contribution is 0.135. The maximum atomic E-state index is 6.04. The van der Waals surface area contributed by atoms with Crippen LogP contribution in [0, 0.1) is 0 Å². The van der Waals surface area contributed by atoms with E-state index < -0.39 is 0 Å². The van der Waals surface area contributed by atoms with Crippen molar-refractivity contribution < 1.29 is 0 Å². The van der Waals surface area contributed by atoms with E-state index in [0.29, 0.717) is 17.8 Å². The van der Waals surface area contributed by atoms with Crippen LogP contribution in [0.5, 0.6) is 0 Å². The van der Waals surface area contributed by atoms with Crippen LogP contribution in [0.4, 0.5) is 11.8 Å². The summed E-state index contributed by atoms with van der Waals surface area (Å²) in [6.07, 6.45) is 6.61. The van der Waals surface area contributed by atoms with Crippen LogP contribution in [0.25, 0.3) is 11.0 Å². The van der Waals surface area contributed by atoms with Gasteiger partial charge < -0.3 is 11.1 Å². The number of fused-ring (bicyclic) bond motifs is 1. The largest absolute Gasteiger partial charge is 0.383 e. The lowest BCUT2D eigenvalue weighted by atomic mass is 9.98. The number of nitrogens with one attached hydrogen (secondary N) is 1. The molecule has 0 radical (unpaired) electrons. The summed E-state index contributed by atoms with van der Waals surface area (Å²) in [5.41, 5.74) is 8.18. The van der Waals surface area contributed by atoms with Crippen LogP contribution in [-0.4, -0.2) is 43.8 Å². The van der Waals surface area contributed by atoms with E-state index in [2.05, 4.69) is 55.6 Å². The summed E-state index contributed by atoms with van der Waals surface area (Å²) in [7, 11) is 1.86. The second-order valence-electron chi connectivity index (χ2n) is 7.26. The maximum Gasteiger partial charge on any atom is 0.226 e. The van der Waals surface area contributed by atoms with Crippen molar-refractivity contribution in [3.63, 3.8) is 0 Å². The molecule has 4 rings (SSSR count). The van der Waals surface area contributed by atoms with Gasteiger partial charge in [-0.3, -0.25) is 9.58 Å². The van der Waals surface area contributed by atoms with Gasteiger partial charge in [-0.2, -0.15) is 15.1 Å². The summed E-state index contributed by atoms with van der Waals surface area (Å²) >= 11 is 0. The summed E-state index contributed by atoms with van der Waals surface area (Å²) in [5.74, 6) is 1.05. The monoisotopic (exact) mass is 365 g/mol. The lowest BCUT2D eigenvalue weighted by Crippen LogP contribution is -2.40. The van der Waals surface area contributed by atoms with E-state index in [1.807, 2.05) is 7.05 Å². The number of rotatable bonds is 6. The molecule has 0 spiro atoms. The fourth-order valence-corrected chi connectivity index (χ4v) is 3.89. The Morgan fingerprint density at radius 3 is 2.89 bits per heavy atom. The average Bonchev–Trinajstić information content (AvgIpc) is 3.06. The van der Waals surface area contributed by atoms with Gasteiger partial charge in [0, 0.05) is 26.2 Å². The molecule has 27 heavy (non-hydrogen) atoms. The van der Waals surface area contributed by atoms with Gasteiger partial charge >= 0.3 is 0 Å². The third-order valence-corrected chi connectivity index (χ3v) is 5.36. The molecule has 0 amide bonds. The molecular weight excluding hydrogens is 338 g/mol. The van der Waals surface area contributed by atoms with Crippen LogP contribution in [0.3, 0.4) is 0 Å². The Balaban J connectivity index is 1.37. The van der Waals surface area contributed by atoms with Crippen molar-refractivity contribution in [2.75, 3.05) is 24.1 Å². The van der Waals surface area contributed by atoms with Gasteiger partial charge in [0.05, 0.1) is 11.6 Å². The Morgan fingerprint density at radius 1 is 1.19 bits per heavy atom. The van der Waals surface area contributed by atoms with Gasteiger partial charge in [0.1, 0.15) is 5.82 Å². The van der Waals surface area contributed by atoms with Crippen LogP contribution < -0.4 is 11.1 Å². The number of nitrogen functional groups attached to an aromatic ring is 1. The Morgan fingerprint density at radius 2 is 2.04 bits per heavy atom. The first kappa shape index (κ1) is 17.7. The minimum Gasteiger partial charge on any atom is -0.383 e. The first-order valence-electron chi connectivity index (χ1n) is 9.68. The average molecular weight is 365 g/mol. The third kappa shape index (κ3) is 4.03. The van der Waals surface area contributed by atoms with E-state index >= 15 is 0 Å². The van der Waals surface area contributed by atoms with Crippen LogP contribution in [0.2, 0.25) is 0 Å². The van der Waals surface area contributed by atoms with E-state index in [1.165, 1.54) is 31.4 Å². The predicted molar refractivity (Wildman–Crippen MR) is 108 cm³/mol. The first-order chi connectivity index (χ1) is 13.2. The van der Waals surface area contributed by atoms with Crippen molar-refractivity contribution in [1.29, 1.82) is 0 Å². The summed E-state index contributed by atoms with van der Waals surface area (Å²) in [4.78, 5) is 11.5. The molecule has 0 bridgehead atoms. The molecule has 3 N–H and O–H groups in total. The molecule has 1 atom stereocenters. The number of piperidine rings is 1. The van der Waals surface area contributed by atoms with Crippen molar-refractivity contribution in [2.24, 2.45) is 7.05 Å². The molecule has 7 heteroatoms. The van der Waals surface area contributed by atoms with E-state index in [0.717, 1.165) is 30.5 Å². The summed E-state index contributed by atoms with van der Waals surface area (Å²) in [5, 5.41) is 8.35. The highest BCUT2D eigenvalue weighted by Crippen LogP contribution is 2.23. The van der Waals surface area contributed by atoms with Crippen molar-refractivity contribution in [3.8, 4) is 0 Å². The van der Waals surface area contributed by atoms with Crippen LogP contribution >= 0.6 is 0 Å². The molecule has 1 saturated heterocycles. The summed E-state index contributed by atoms with van der Waals surface area (Å²) in [6, 6.07) is 11.3. The minimum absolute atomic E-state index is 0.471. The third-order valence-electron chi connectivity index (χ3n) is 5.36. The van der Waals surface area contributed by atoms with Gasteiger partial charge in [0.2, 0.25) is 5.95 Å². The molecule has 0 unspecified atom stereocenters. The molecule has 0 saturated carbocycles. The Hall–Kier alpha value is -2.67. The van der Waals surface area contributed by atoms with E-state index in [1.54, 1.807) is 10.9 Å². The molecule has 1 fully saturated rings. The standard InChI is InChI=1S/C20H27N7/c1-26-19-17(13-23-26)18(21)24-20(25-19)22-11-10-16-9-5-6-12-27(16)14-15-7-3-2-4-8-15/h2-4,7-8,13,16H,5-6,9-12,14H2,1H3,(H3,21,22,24,25)/t16-/m1/s1. The molecule has 3 aromatic rings. The Kier molecular flexibility index (Phi) is 5.20. The maximum absolute atomic E-state index is 6.04. The first-order valence-corrected chi connectivity index (χ1v) is 9.68. The van der Waals surface area contributed by atoms with Crippen molar-refractivity contribution in [1.82, 2.24) is 24.6 Å². The van der Waals surface area contributed by atoms with Crippen molar-refractivity contribution in [2.45, 2.75) is 38.3 Å². The highest BCUT2D eigenvalue weighted by molar-refractivity contribution is 5.86. The SMILES string of the molecule is Cn1ncc2c(N)nc(NCC[C@H]3CCCCN3Cc3ccccc3)nc21. The molecule has 1 aliphatic heterocycles. The number of anilines is 2. The highest BCUT2D eigenvalue weighted by atomic mass is 15.3. The molecule has 1 aromatic carbocycles. The fraction of sp³-hybridized carbons (Fsp3) is 0.450. The zero-order valence-electron chi connectivity index (χ0n) is 15.8. The topological polar surface area (TPSA) is 84.9 Å². The Labute approximate surface area is 159 Å². The summed E-state index contributed by atoms with van der Waals surface area (Å²) < 4.78 is 1.72. The van der Waals surface area contributed by atoms with Gasteiger partial charge in [0.15, 0.2) is 5.65 Å². The second kappa shape index (κ2) is 7.92. The predicted octanol–water partition coefficient (Wildman–Crippen LogP) is 2.80. The zero-order valence-corrected chi connectivity index (χ0v) is 15.8. The number of aromatic nitrogens is 4. The molecule has 0 aliphatic carbocycles. The number of likely N-dealkylation sites (tertiary alicyclic amines) is 1. The van der Waals surface area contributed by atoms with Gasteiger partial charge in [-0.25, -0.2) is 0 Å². The highest BCUT2D eigenvalue weighted by Gasteiger charge is 2.22. The van der Waals surface area contributed by atoms with Crippen molar-refractivity contribution >= 4 is 22.8 Å². The number of aryl methyl sites for hydroxylation is 1. The molecule has 2 aromatic heterocycles. The minimum atomic E-state index is 0.471. The van der Waals surface area contributed by atoms with E-state index in [-0.39, 0.29) is 0 Å². The molecule has 142 valence electrons. The number of hydrogen-bond acceptors (Lipinski definition) is 6. The van der Waals surface area contributed by atoms with Gasteiger partial charge in [-0.05, 0) is 31.4 Å². The smallest absolute Gasteiger partial charge is 0.226 e. The molecule has 3 heterocycles. The number of benzene rings is 1. The zero-order chi connectivity index (χ0) is 18.6. The summed E-state index contributed by atoms with van der Waals surface area (Å²) in [6.45, 7) is 3.03. The van der Waals surface area contributed by atoms with Gasteiger partial charge in [-0.15, -0.1) is 0 Å². The fourth-order valence-electron chi connectivity index (χ4n) is 3.89. The normalized spacial score (nSPS) is 18.0. The van der Waals surface area contributed by atoms with Crippen LogP contribution in [0.15, 0.2) is 36.5 Å². The van der Waals surface area contributed by atoms with E-state index in [4.69, 9.17) is 5.73 Å². The van der Waals surface area contributed by atoms with Gasteiger partial charge in [-0.1, -0.05) is 36.8 Å². The molecular formula is C20H27N7. The molecule has 1 aliphatic rings. The van der Waals surface area contributed by atoms with Crippen molar-refractivity contribution in [3.05, 3.63) is 42.1 Å². The van der Waals surface area contributed by atoms with Crippen LogP contribution in [0.1, 0.15) is 31.2 Å². The van der Waals surface area contributed by atoms with Gasteiger partial charge in [0.25, 0.3) is 0 Å². The lowest BCUT2D eigenvalue weighted by Gasteiger charge is -2.36. The number of nitrogens with two attached hydrogens (primary N) is 1.